The van der Waals surface area contributed by atoms with Gasteiger partial charge in [-0.25, -0.2) is 26.0 Å². The number of sulfonamides is 1. The molecule has 0 saturated carbocycles. The van der Waals surface area contributed by atoms with Crippen LogP contribution < -0.4 is 4.72 Å². The molecular weight excluding hydrogens is 336 g/mol. The van der Waals surface area contributed by atoms with Gasteiger partial charge in [-0.1, -0.05) is 0 Å². The number of hydrogen-bond donors (Lipinski definition) is 1. The smallest absolute Gasteiger partial charge is 0.265 e. The van der Waals surface area contributed by atoms with Crippen molar-refractivity contribution in [3.63, 3.8) is 0 Å². The van der Waals surface area contributed by atoms with Crippen molar-refractivity contribution in [2.24, 2.45) is 0 Å². The number of rotatable bonds is 3. The number of nitrogens with one attached hydrogen (secondary N) is 1. The maximum atomic E-state index is 13.7. The summed E-state index contributed by atoms with van der Waals surface area (Å²) in [4.78, 5) is -1.09. The van der Waals surface area contributed by atoms with Gasteiger partial charge in [0.05, 0.1) is 11.6 Å². The zero-order valence-corrected chi connectivity index (χ0v) is 12.3. The van der Waals surface area contributed by atoms with Gasteiger partial charge in [-0.2, -0.15) is 5.26 Å². The summed E-state index contributed by atoms with van der Waals surface area (Å²) in [5, 5.41) is 8.57. The molecule has 0 aliphatic heterocycles. The number of hydrogen-bond acceptors (Lipinski definition) is 3. The molecule has 120 valence electrons. The minimum atomic E-state index is -4.78. The first kappa shape index (κ1) is 16.8. The van der Waals surface area contributed by atoms with Gasteiger partial charge in [-0.05, 0) is 36.8 Å². The second-order valence-electron chi connectivity index (χ2n) is 4.56. The molecule has 2 aromatic rings. The van der Waals surface area contributed by atoms with E-state index in [0.29, 0.717) is 24.3 Å². The maximum absolute atomic E-state index is 13.7. The van der Waals surface area contributed by atoms with Crippen molar-refractivity contribution in [1.29, 1.82) is 5.26 Å². The first-order valence-electron chi connectivity index (χ1n) is 6.03. The lowest BCUT2D eigenvalue weighted by Crippen LogP contribution is -2.17. The molecule has 0 heterocycles. The second kappa shape index (κ2) is 5.89. The van der Waals surface area contributed by atoms with Crippen molar-refractivity contribution < 1.29 is 26.0 Å². The highest BCUT2D eigenvalue weighted by atomic mass is 32.2. The Hall–Kier alpha value is -2.60. The quantitative estimate of drug-likeness (QED) is 0.869. The van der Waals surface area contributed by atoms with Gasteiger partial charge in [0.1, 0.15) is 22.2 Å². The van der Waals surface area contributed by atoms with E-state index in [0.717, 1.165) is 0 Å². The molecule has 2 aromatic carbocycles. The molecule has 0 saturated heterocycles. The third-order valence-electron chi connectivity index (χ3n) is 2.91. The number of aryl methyl sites for hydroxylation is 1. The average Bonchev–Trinajstić information content (AvgIpc) is 2.46. The van der Waals surface area contributed by atoms with Crippen molar-refractivity contribution in [2.45, 2.75) is 11.8 Å². The molecule has 4 nitrogen and oxygen atoms in total. The summed E-state index contributed by atoms with van der Waals surface area (Å²) in [6.45, 7) is 1.22. The van der Waals surface area contributed by atoms with Crippen molar-refractivity contribution >= 4 is 15.7 Å². The molecule has 0 fully saturated rings. The van der Waals surface area contributed by atoms with Crippen molar-refractivity contribution in [3.05, 3.63) is 58.7 Å². The third-order valence-corrected chi connectivity index (χ3v) is 4.28. The van der Waals surface area contributed by atoms with Crippen molar-refractivity contribution in [3.8, 4) is 6.07 Å². The standard InChI is InChI=1S/C14H8F4N2O2S/c1-7-2-10(16)13(5-9(7)15)23(21,22)20-14-11(17)3-8(6-19)4-12(14)18/h2-5,20H,1H3. The van der Waals surface area contributed by atoms with Gasteiger partial charge < -0.3 is 0 Å². The van der Waals surface area contributed by atoms with Gasteiger partial charge in [0, 0.05) is 0 Å². The minimum absolute atomic E-state index is 0.128. The van der Waals surface area contributed by atoms with Crippen LogP contribution in [0.5, 0.6) is 0 Å². The number of halogens is 4. The Morgan fingerprint density at radius 3 is 2.04 bits per heavy atom. The summed E-state index contributed by atoms with van der Waals surface area (Å²) in [7, 11) is -4.78. The molecule has 0 aliphatic carbocycles. The number of benzene rings is 2. The predicted molar refractivity (Wildman–Crippen MR) is 73.0 cm³/mol. The highest BCUT2D eigenvalue weighted by Crippen LogP contribution is 2.26. The SMILES string of the molecule is Cc1cc(F)c(S(=O)(=O)Nc2c(F)cc(C#N)cc2F)cc1F. The Bertz CT molecular complexity index is 914. The van der Waals surface area contributed by atoms with Gasteiger partial charge in [0.25, 0.3) is 10.0 Å². The average molecular weight is 344 g/mol. The first-order chi connectivity index (χ1) is 10.7. The van der Waals surface area contributed by atoms with Crippen molar-refractivity contribution in [2.75, 3.05) is 4.72 Å². The van der Waals surface area contributed by atoms with E-state index in [4.69, 9.17) is 5.26 Å². The molecule has 0 unspecified atom stereocenters. The van der Waals surface area contributed by atoms with Crippen LogP contribution in [0.4, 0.5) is 23.2 Å². The molecule has 0 aromatic heterocycles. The molecule has 0 bridgehead atoms. The summed E-state index contributed by atoms with van der Waals surface area (Å²) in [6, 6.07) is 3.75. The molecule has 2 rings (SSSR count). The second-order valence-corrected chi connectivity index (χ2v) is 6.21. The van der Waals surface area contributed by atoms with Crippen LogP contribution in [0.3, 0.4) is 0 Å². The largest absolute Gasteiger partial charge is 0.274 e. The molecule has 0 aliphatic rings. The van der Waals surface area contributed by atoms with Gasteiger partial charge in [-0.15, -0.1) is 0 Å². The highest BCUT2D eigenvalue weighted by molar-refractivity contribution is 7.92. The van der Waals surface area contributed by atoms with Crippen LogP contribution in [0, 0.1) is 41.5 Å². The van der Waals surface area contributed by atoms with E-state index in [1.54, 1.807) is 0 Å². The zero-order valence-electron chi connectivity index (χ0n) is 11.5. The fourth-order valence-electron chi connectivity index (χ4n) is 1.76. The van der Waals surface area contributed by atoms with E-state index in [9.17, 15) is 26.0 Å². The number of nitriles is 1. The summed E-state index contributed by atoms with van der Waals surface area (Å²) >= 11 is 0. The number of anilines is 1. The Balaban J connectivity index is 2.52. The van der Waals surface area contributed by atoms with E-state index in [2.05, 4.69) is 0 Å². The molecule has 0 atom stereocenters. The van der Waals surface area contributed by atoms with E-state index in [1.165, 1.54) is 17.7 Å². The molecule has 0 radical (unpaired) electrons. The Morgan fingerprint density at radius 2 is 1.52 bits per heavy atom. The van der Waals surface area contributed by atoms with Crippen LogP contribution in [-0.4, -0.2) is 8.42 Å². The Labute approximate surface area is 129 Å². The normalized spacial score (nSPS) is 11.1. The lowest BCUT2D eigenvalue weighted by Gasteiger charge is -2.11. The maximum Gasteiger partial charge on any atom is 0.265 e. The van der Waals surface area contributed by atoms with Crippen LogP contribution in [0.25, 0.3) is 0 Å². The van der Waals surface area contributed by atoms with Crippen LogP contribution in [-0.2, 0) is 10.0 Å². The molecule has 0 spiro atoms. The van der Waals surface area contributed by atoms with Crippen LogP contribution in [0.1, 0.15) is 11.1 Å². The predicted octanol–water partition coefficient (Wildman–Crippen LogP) is 3.22. The summed E-state index contributed by atoms with van der Waals surface area (Å²) in [5.74, 6) is -4.99. The molecule has 0 amide bonds. The van der Waals surface area contributed by atoms with Crippen LogP contribution in [0.2, 0.25) is 0 Å². The first-order valence-corrected chi connectivity index (χ1v) is 7.51. The summed E-state index contributed by atoms with van der Waals surface area (Å²) < 4.78 is 80.2. The molecule has 1 N–H and O–H groups in total. The van der Waals surface area contributed by atoms with E-state index < -0.39 is 43.9 Å². The summed E-state index contributed by atoms with van der Waals surface area (Å²) in [6.07, 6.45) is 0. The molecule has 23 heavy (non-hydrogen) atoms. The lowest BCUT2D eigenvalue weighted by molar-refractivity contribution is 0.550. The Morgan fingerprint density at radius 1 is 0.957 bits per heavy atom. The van der Waals surface area contributed by atoms with Crippen LogP contribution >= 0.6 is 0 Å². The highest BCUT2D eigenvalue weighted by Gasteiger charge is 2.24. The van der Waals surface area contributed by atoms with Gasteiger partial charge in [0.2, 0.25) is 0 Å². The van der Waals surface area contributed by atoms with Crippen LogP contribution in [0.15, 0.2) is 29.2 Å². The topological polar surface area (TPSA) is 70.0 Å². The fourth-order valence-corrected chi connectivity index (χ4v) is 2.91. The molecule has 9 heteroatoms. The van der Waals surface area contributed by atoms with Crippen molar-refractivity contribution in [1.82, 2.24) is 0 Å². The summed E-state index contributed by atoms with van der Waals surface area (Å²) in [5.41, 5.74) is -1.59. The number of nitrogens with zero attached hydrogens (tertiary/aromatic N) is 1. The van der Waals surface area contributed by atoms with E-state index >= 15 is 0 Å². The zero-order chi connectivity index (χ0) is 17.4. The van der Waals surface area contributed by atoms with Gasteiger partial charge >= 0.3 is 0 Å². The third kappa shape index (κ3) is 3.27. The van der Waals surface area contributed by atoms with E-state index in [1.807, 2.05) is 0 Å². The lowest BCUT2D eigenvalue weighted by atomic mass is 10.2. The molecular formula is C14H8F4N2O2S. The van der Waals surface area contributed by atoms with Gasteiger partial charge in [0.15, 0.2) is 11.6 Å². The fraction of sp³-hybridized carbons (Fsp3) is 0.0714. The van der Waals surface area contributed by atoms with Gasteiger partial charge in [-0.3, -0.25) is 4.72 Å². The Kier molecular flexibility index (Phi) is 4.29. The van der Waals surface area contributed by atoms with E-state index in [-0.39, 0.29) is 11.1 Å². The monoisotopic (exact) mass is 344 g/mol. The minimum Gasteiger partial charge on any atom is -0.274 e.